The first-order valence-electron chi connectivity index (χ1n) is 22.6. The largest absolute Gasteiger partial charge is 0.455 e. The van der Waals surface area contributed by atoms with Crippen LogP contribution < -0.4 is 4.90 Å². The topological polar surface area (TPSA) is 16.4 Å². The lowest BCUT2D eigenvalue weighted by atomic mass is 9.93. The van der Waals surface area contributed by atoms with Gasteiger partial charge in [0, 0.05) is 33.2 Å². The lowest BCUT2D eigenvalue weighted by Gasteiger charge is -2.26. The van der Waals surface area contributed by atoms with Crippen LogP contribution in [0.25, 0.3) is 99.5 Å². The second-order valence-corrected chi connectivity index (χ2v) is 16.9. The highest BCUT2D eigenvalue weighted by Crippen LogP contribution is 2.43. The Morgan fingerprint density at radius 1 is 0.258 bits per heavy atom. The van der Waals surface area contributed by atoms with Gasteiger partial charge in [0.25, 0.3) is 0 Å². The molecule has 310 valence electrons. The molecule has 2 heteroatoms. The summed E-state index contributed by atoms with van der Waals surface area (Å²) in [7, 11) is 0. The van der Waals surface area contributed by atoms with Crippen LogP contribution in [0, 0.1) is 0 Å². The molecule has 11 aromatic carbocycles. The zero-order valence-electron chi connectivity index (χ0n) is 36.2. The van der Waals surface area contributed by atoms with Crippen molar-refractivity contribution in [2.24, 2.45) is 0 Å². The summed E-state index contributed by atoms with van der Waals surface area (Å²) in [4.78, 5) is 2.37. The maximum absolute atomic E-state index is 6.63. The molecular formula is C64H43NO. The van der Waals surface area contributed by atoms with E-state index in [4.69, 9.17) is 4.42 Å². The first-order valence-corrected chi connectivity index (χ1v) is 22.6. The summed E-state index contributed by atoms with van der Waals surface area (Å²) in [6.07, 6.45) is 0. The van der Waals surface area contributed by atoms with Crippen LogP contribution in [0.15, 0.2) is 265 Å². The molecule has 0 aliphatic heterocycles. The summed E-state index contributed by atoms with van der Waals surface area (Å²) < 4.78 is 6.63. The molecule has 12 rings (SSSR count). The Bertz CT molecular complexity index is 3610. The predicted molar refractivity (Wildman–Crippen MR) is 279 cm³/mol. The average Bonchev–Trinajstić information content (AvgIpc) is 3.80. The fourth-order valence-electron chi connectivity index (χ4n) is 9.56. The van der Waals surface area contributed by atoms with Gasteiger partial charge in [0.2, 0.25) is 0 Å². The van der Waals surface area contributed by atoms with E-state index in [-0.39, 0.29) is 0 Å². The highest BCUT2D eigenvalue weighted by Gasteiger charge is 2.18. The predicted octanol–water partition coefficient (Wildman–Crippen LogP) is 18.2. The number of nitrogens with zero attached hydrogens (tertiary/aromatic N) is 1. The highest BCUT2D eigenvalue weighted by molar-refractivity contribution is 6.19. The third kappa shape index (κ3) is 7.31. The lowest BCUT2D eigenvalue weighted by molar-refractivity contribution is 0.673. The van der Waals surface area contributed by atoms with Gasteiger partial charge in [-0.3, -0.25) is 0 Å². The van der Waals surface area contributed by atoms with Crippen LogP contribution in [-0.4, -0.2) is 0 Å². The third-order valence-electron chi connectivity index (χ3n) is 12.8. The van der Waals surface area contributed by atoms with Crippen molar-refractivity contribution < 1.29 is 4.42 Å². The fraction of sp³-hybridized carbons (Fsp3) is 0. The molecule has 0 saturated heterocycles. The van der Waals surface area contributed by atoms with Crippen LogP contribution >= 0.6 is 0 Å². The molecule has 1 aromatic heterocycles. The molecule has 0 aliphatic carbocycles. The first kappa shape index (κ1) is 38.9. The third-order valence-corrected chi connectivity index (χ3v) is 12.8. The molecule has 0 spiro atoms. The Kier molecular flexibility index (Phi) is 9.89. The van der Waals surface area contributed by atoms with Gasteiger partial charge in [0.05, 0.1) is 0 Å². The minimum absolute atomic E-state index is 0.885. The number of anilines is 3. The summed E-state index contributed by atoms with van der Waals surface area (Å²) in [5, 5.41) is 4.54. The van der Waals surface area contributed by atoms with Crippen molar-refractivity contribution in [1.82, 2.24) is 0 Å². The minimum Gasteiger partial charge on any atom is -0.455 e. The summed E-state index contributed by atoms with van der Waals surface area (Å²) in [5.41, 5.74) is 19.1. The summed E-state index contributed by atoms with van der Waals surface area (Å²) in [6, 6.07) is 93.8. The molecular weight excluding hydrogens is 799 g/mol. The molecule has 66 heavy (non-hydrogen) atoms. The van der Waals surface area contributed by atoms with Crippen LogP contribution in [0.5, 0.6) is 0 Å². The van der Waals surface area contributed by atoms with E-state index in [1.54, 1.807) is 0 Å². The molecule has 0 saturated carbocycles. The van der Waals surface area contributed by atoms with Crippen LogP contribution in [0.3, 0.4) is 0 Å². The fourth-order valence-corrected chi connectivity index (χ4v) is 9.56. The van der Waals surface area contributed by atoms with E-state index in [0.29, 0.717) is 0 Å². The Balaban J connectivity index is 0.970. The van der Waals surface area contributed by atoms with Crippen LogP contribution in [0.2, 0.25) is 0 Å². The van der Waals surface area contributed by atoms with Crippen LogP contribution in [-0.2, 0) is 0 Å². The highest BCUT2D eigenvalue weighted by atomic mass is 16.3. The van der Waals surface area contributed by atoms with Gasteiger partial charge in [-0.05, 0) is 145 Å². The van der Waals surface area contributed by atoms with Crippen molar-refractivity contribution in [3.8, 4) is 66.8 Å². The van der Waals surface area contributed by atoms with E-state index < -0.39 is 0 Å². The molecule has 0 amide bonds. The number of hydrogen-bond donors (Lipinski definition) is 0. The molecule has 0 aliphatic rings. The van der Waals surface area contributed by atoms with Crippen molar-refractivity contribution >= 4 is 49.8 Å². The lowest BCUT2D eigenvalue weighted by Crippen LogP contribution is -2.10. The molecule has 0 radical (unpaired) electrons. The quantitative estimate of drug-likeness (QED) is 0.144. The van der Waals surface area contributed by atoms with Crippen molar-refractivity contribution in [3.63, 3.8) is 0 Å². The maximum atomic E-state index is 6.63. The van der Waals surface area contributed by atoms with E-state index in [1.165, 1.54) is 55.5 Å². The molecule has 0 atom stereocenters. The average molecular weight is 842 g/mol. The van der Waals surface area contributed by atoms with Gasteiger partial charge in [0.1, 0.15) is 11.2 Å². The standard InChI is InChI=1S/C64H43NO/c1-4-15-44(16-5-1)50-22-12-23-51(39-50)47-29-34-56(35-30-47)65(57-36-31-48(32-37-57)55-41-53(45-17-6-2-7-18-45)40-54(42-55)46-19-8-3-9-20-46)58-25-13-24-52(43-58)59-27-14-28-62-63(59)61-38-33-49-21-10-11-26-60(49)64(61)66-62/h1-43H. The molecule has 12 aromatic rings. The Hall–Kier alpha value is -8.72. The van der Waals surface area contributed by atoms with E-state index >= 15 is 0 Å². The van der Waals surface area contributed by atoms with E-state index in [1.807, 2.05) is 0 Å². The van der Waals surface area contributed by atoms with Gasteiger partial charge in [-0.15, -0.1) is 0 Å². The Labute approximate surface area is 384 Å². The van der Waals surface area contributed by atoms with Gasteiger partial charge in [-0.1, -0.05) is 188 Å². The number of benzene rings is 11. The zero-order valence-corrected chi connectivity index (χ0v) is 36.2. The van der Waals surface area contributed by atoms with Gasteiger partial charge in [0.15, 0.2) is 0 Å². The molecule has 0 fully saturated rings. The number of hydrogen-bond acceptors (Lipinski definition) is 2. The maximum Gasteiger partial charge on any atom is 0.143 e. The summed E-state index contributed by atoms with van der Waals surface area (Å²) >= 11 is 0. The Morgan fingerprint density at radius 3 is 1.32 bits per heavy atom. The van der Waals surface area contributed by atoms with Crippen LogP contribution in [0.4, 0.5) is 17.1 Å². The summed E-state index contributed by atoms with van der Waals surface area (Å²) in [6.45, 7) is 0. The van der Waals surface area contributed by atoms with Gasteiger partial charge < -0.3 is 9.32 Å². The van der Waals surface area contributed by atoms with Crippen LogP contribution in [0.1, 0.15) is 0 Å². The first-order chi connectivity index (χ1) is 32.7. The number of rotatable bonds is 9. The number of fused-ring (bicyclic) bond motifs is 5. The second-order valence-electron chi connectivity index (χ2n) is 16.9. The molecule has 2 nitrogen and oxygen atoms in total. The normalized spacial score (nSPS) is 11.3. The van der Waals surface area contributed by atoms with Gasteiger partial charge >= 0.3 is 0 Å². The zero-order chi connectivity index (χ0) is 43.8. The van der Waals surface area contributed by atoms with Crippen molar-refractivity contribution in [2.75, 3.05) is 4.90 Å². The molecule has 0 N–H and O–H groups in total. The van der Waals surface area contributed by atoms with Gasteiger partial charge in [-0.2, -0.15) is 0 Å². The van der Waals surface area contributed by atoms with E-state index in [9.17, 15) is 0 Å². The smallest absolute Gasteiger partial charge is 0.143 e. The SMILES string of the molecule is c1ccc(-c2cccc(-c3ccc(N(c4ccc(-c5cc(-c6ccccc6)cc(-c6ccccc6)c5)cc4)c4cccc(-c5cccc6oc7c8ccccc8ccc7c56)c4)cc3)c2)cc1. The van der Waals surface area contributed by atoms with Crippen molar-refractivity contribution in [1.29, 1.82) is 0 Å². The monoisotopic (exact) mass is 841 g/mol. The van der Waals surface area contributed by atoms with Gasteiger partial charge in [-0.25, -0.2) is 0 Å². The second kappa shape index (κ2) is 16.8. The molecule has 1 heterocycles. The van der Waals surface area contributed by atoms with Crippen molar-refractivity contribution in [2.45, 2.75) is 0 Å². The number of furan rings is 1. The van der Waals surface area contributed by atoms with E-state index in [0.717, 1.165) is 61.1 Å². The van der Waals surface area contributed by atoms with E-state index in [2.05, 4.69) is 266 Å². The Morgan fingerprint density at radius 2 is 0.712 bits per heavy atom. The molecule has 0 unspecified atom stereocenters. The minimum atomic E-state index is 0.885. The molecule has 0 bridgehead atoms. The summed E-state index contributed by atoms with van der Waals surface area (Å²) in [5.74, 6) is 0. The van der Waals surface area contributed by atoms with Crippen molar-refractivity contribution in [3.05, 3.63) is 261 Å².